The molecule has 1 aromatic carbocycles. The molecule has 0 aliphatic carbocycles. The summed E-state index contributed by atoms with van der Waals surface area (Å²) in [5, 5.41) is 0. The van der Waals surface area contributed by atoms with Gasteiger partial charge in [-0.3, -0.25) is 4.90 Å². The van der Waals surface area contributed by atoms with E-state index in [-0.39, 0.29) is 0 Å². The maximum absolute atomic E-state index is 5.49. The van der Waals surface area contributed by atoms with Gasteiger partial charge in [0, 0.05) is 44.4 Å². The Morgan fingerprint density at radius 2 is 1.60 bits per heavy atom. The van der Waals surface area contributed by atoms with Crippen LogP contribution in [0.2, 0.25) is 0 Å². The molecule has 1 fully saturated rings. The second-order valence-electron chi connectivity index (χ2n) is 5.01. The summed E-state index contributed by atoms with van der Waals surface area (Å²) in [5.74, 6) is 1.70. The molecule has 1 heterocycles. The van der Waals surface area contributed by atoms with Crippen LogP contribution < -0.4 is 9.47 Å². The van der Waals surface area contributed by atoms with E-state index in [0.717, 1.165) is 55.2 Å². The van der Waals surface area contributed by atoms with Crippen molar-refractivity contribution in [3.63, 3.8) is 0 Å². The van der Waals surface area contributed by atoms with Crippen molar-refractivity contribution in [1.82, 2.24) is 9.80 Å². The Balaban J connectivity index is 2.07. The van der Waals surface area contributed by atoms with Gasteiger partial charge in [0.15, 0.2) is 0 Å². The van der Waals surface area contributed by atoms with Gasteiger partial charge >= 0.3 is 0 Å². The molecule has 0 N–H and O–H groups in total. The zero-order chi connectivity index (χ0) is 14.5. The Labute approximate surface area is 129 Å². The number of piperazine rings is 1. The minimum absolute atomic E-state index is 0.807. The summed E-state index contributed by atoms with van der Waals surface area (Å²) in [4.78, 5) is 4.96. The molecule has 0 unspecified atom stereocenters. The summed E-state index contributed by atoms with van der Waals surface area (Å²) >= 11 is 3.55. The van der Waals surface area contributed by atoms with Crippen LogP contribution >= 0.6 is 15.9 Å². The summed E-state index contributed by atoms with van der Waals surface area (Å²) in [6.07, 6.45) is 0. The van der Waals surface area contributed by atoms with Crippen LogP contribution in [0.15, 0.2) is 16.6 Å². The van der Waals surface area contributed by atoms with Gasteiger partial charge < -0.3 is 14.4 Å². The van der Waals surface area contributed by atoms with E-state index in [0.29, 0.717) is 0 Å². The first-order chi connectivity index (χ1) is 9.67. The number of nitrogens with zero attached hydrogens (tertiary/aromatic N) is 2. The molecule has 0 aromatic heterocycles. The summed E-state index contributed by atoms with van der Waals surface area (Å²) < 4.78 is 11.8. The second kappa shape index (κ2) is 7.29. The maximum atomic E-state index is 5.49. The average Bonchev–Trinajstić information content (AvgIpc) is 2.48. The van der Waals surface area contributed by atoms with Crippen molar-refractivity contribution >= 4 is 15.9 Å². The van der Waals surface area contributed by atoms with Crippen molar-refractivity contribution in [3.8, 4) is 11.5 Å². The molecule has 0 saturated carbocycles. The topological polar surface area (TPSA) is 24.9 Å². The van der Waals surface area contributed by atoms with E-state index in [1.165, 1.54) is 5.56 Å². The summed E-state index contributed by atoms with van der Waals surface area (Å²) in [5.41, 5.74) is 1.20. The molecule has 2 rings (SSSR count). The molecule has 0 bridgehead atoms. The standard InChI is InChI=1S/C15H23BrN2O2/c1-4-17-5-7-18(8-6-17)11-12-9-13(16)15(20-3)10-14(12)19-2/h9-10H,4-8,11H2,1-3H3. The number of halogens is 1. The Morgan fingerprint density at radius 1 is 1.00 bits per heavy atom. The lowest BCUT2D eigenvalue weighted by Crippen LogP contribution is -2.45. The van der Waals surface area contributed by atoms with Crippen LogP contribution in [0.5, 0.6) is 11.5 Å². The molecule has 0 atom stereocenters. The van der Waals surface area contributed by atoms with E-state index in [4.69, 9.17) is 9.47 Å². The van der Waals surface area contributed by atoms with Crippen LogP contribution in [0, 0.1) is 0 Å². The molecule has 4 nitrogen and oxygen atoms in total. The molecule has 1 aliphatic heterocycles. The van der Waals surface area contributed by atoms with Gasteiger partial charge in [0.1, 0.15) is 11.5 Å². The minimum atomic E-state index is 0.807. The Kier molecular flexibility index (Phi) is 5.69. The number of likely N-dealkylation sites (N-methyl/N-ethyl adjacent to an activating group) is 1. The van der Waals surface area contributed by atoms with Crippen LogP contribution in [-0.2, 0) is 6.54 Å². The Hall–Kier alpha value is -0.780. The van der Waals surface area contributed by atoms with Gasteiger partial charge in [-0.1, -0.05) is 6.92 Å². The first kappa shape index (κ1) is 15.6. The van der Waals surface area contributed by atoms with Crippen LogP contribution in [0.1, 0.15) is 12.5 Å². The van der Waals surface area contributed by atoms with E-state index < -0.39 is 0 Å². The average molecular weight is 343 g/mol. The van der Waals surface area contributed by atoms with Crippen LogP contribution in [0.25, 0.3) is 0 Å². The van der Waals surface area contributed by atoms with Crippen LogP contribution in [0.4, 0.5) is 0 Å². The predicted octanol–water partition coefficient (Wildman–Crippen LogP) is 2.60. The highest BCUT2D eigenvalue weighted by atomic mass is 79.9. The van der Waals surface area contributed by atoms with E-state index in [1.54, 1.807) is 14.2 Å². The number of ether oxygens (including phenoxy) is 2. The van der Waals surface area contributed by atoms with Crippen LogP contribution in [-0.4, -0.2) is 56.7 Å². The van der Waals surface area contributed by atoms with Gasteiger partial charge in [-0.25, -0.2) is 0 Å². The molecular weight excluding hydrogens is 320 g/mol. The van der Waals surface area contributed by atoms with Crippen molar-refractivity contribution in [2.24, 2.45) is 0 Å². The number of methoxy groups -OCH3 is 2. The lowest BCUT2D eigenvalue weighted by Gasteiger charge is -2.34. The van der Waals surface area contributed by atoms with E-state index in [2.05, 4.69) is 38.7 Å². The third kappa shape index (κ3) is 3.65. The molecule has 5 heteroatoms. The van der Waals surface area contributed by atoms with Crippen LogP contribution in [0.3, 0.4) is 0 Å². The van der Waals surface area contributed by atoms with Crippen molar-refractivity contribution < 1.29 is 9.47 Å². The molecule has 0 radical (unpaired) electrons. The summed E-state index contributed by atoms with van der Waals surface area (Å²) in [6.45, 7) is 8.81. The summed E-state index contributed by atoms with van der Waals surface area (Å²) in [7, 11) is 3.38. The molecule has 112 valence electrons. The van der Waals surface area contributed by atoms with Gasteiger partial charge in [-0.05, 0) is 28.5 Å². The van der Waals surface area contributed by atoms with Gasteiger partial charge in [0.25, 0.3) is 0 Å². The fourth-order valence-electron chi connectivity index (χ4n) is 2.55. The lowest BCUT2D eigenvalue weighted by molar-refractivity contribution is 0.131. The minimum Gasteiger partial charge on any atom is -0.496 e. The number of rotatable bonds is 5. The van der Waals surface area contributed by atoms with E-state index in [1.807, 2.05) is 6.07 Å². The fraction of sp³-hybridized carbons (Fsp3) is 0.600. The quantitative estimate of drug-likeness (QED) is 0.821. The van der Waals surface area contributed by atoms with Gasteiger partial charge in [-0.15, -0.1) is 0 Å². The van der Waals surface area contributed by atoms with Gasteiger partial charge in [0.05, 0.1) is 18.7 Å². The monoisotopic (exact) mass is 342 g/mol. The zero-order valence-corrected chi connectivity index (χ0v) is 14.1. The first-order valence-electron chi connectivity index (χ1n) is 7.03. The number of hydrogen-bond acceptors (Lipinski definition) is 4. The lowest BCUT2D eigenvalue weighted by atomic mass is 10.1. The molecule has 1 aliphatic rings. The normalized spacial score (nSPS) is 17.2. The van der Waals surface area contributed by atoms with Crippen molar-refractivity contribution in [2.75, 3.05) is 46.9 Å². The van der Waals surface area contributed by atoms with Crippen molar-refractivity contribution in [1.29, 1.82) is 0 Å². The fourth-order valence-corrected chi connectivity index (χ4v) is 3.10. The molecular formula is C15H23BrN2O2. The third-order valence-corrected chi connectivity index (χ3v) is 4.48. The van der Waals surface area contributed by atoms with Crippen molar-refractivity contribution in [3.05, 3.63) is 22.2 Å². The maximum Gasteiger partial charge on any atom is 0.136 e. The Morgan fingerprint density at radius 3 is 2.15 bits per heavy atom. The van der Waals surface area contributed by atoms with Gasteiger partial charge in [-0.2, -0.15) is 0 Å². The van der Waals surface area contributed by atoms with E-state index in [9.17, 15) is 0 Å². The molecule has 20 heavy (non-hydrogen) atoms. The number of benzene rings is 1. The molecule has 1 aromatic rings. The molecule has 1 saturated heterocycles. The van der Waals surface area contributed by atoms with Gasteiger partial charge in [0.2, 0.25) is 0 Å². The largest absolute Gasteiger partial charge is 0.496 e. The first-order valence-corrected chi connectivity index (χ1v) is 7.82. The zero-order valence-electron chi connectivity index (χ0n) is 12.5. The highest BCUT2D eigenvalue weighted by Gasteiger charge is 2.18. The molecule has 0 amide bonds. The SMILES string of the molecule is CCN1CCN(Cc2cc(Br)c(OC)cc2OC)CC1. The number of hydrogen-bond donors (Lipinski definition) is 0. The highest BCUT2D eigenvalue weighted by Crippen LogP contribution is 2.33. The third-order valence-electron chi connectivity index (χ3n) is 3.86. The highest BCUT2D eigenvalue weighted by molar-refractivity contribution is 9.10. The second-order valence-corrected chi connectivity index (χ2v) is 5.86. The van der Waals surface area contributed by atoms with E-state index >= 15 is 0 Å². The Bertz CT molecular complexity index is 446. The molecule has 0 spiro atoms. The smallest absolute Gasteiger partial charge is 0.136 e. The predicted molar refractivity (Wildman–Crippen MR) is 84.6 cm³/mol. The van der Waals surface area contributed by atoms with Crippen molar-refractivity contribution in [2.45, 2.75) is 13.5 Å². The summed E-state index contributed by atoms with van der Waals surface area (Å²) in [6, 6.07) is 4.05.